The maximum Gasteiger partial charge on any atom is 0.387 e. The Morgan fingerprint density at radius 3 is 2.57 bits per heavy atom. The van der Waals surface area contributed by atoms with E-state index in [1.807, 2.05) is 4.90 Å². The van der Waals surface area contributed by atoms with Crippen molar-refractivity contribution in [2.24, 2.45) is 11.8 Å². The lowest BCUT2D eigenvalue weighted by Crippen LogP contribution is -2.26. The van der Waals surface area contributed by atoms with Crippen molar-refractivity contribution < 1.29 is 22.3 Å². The van der Waals surface area contributed by atoms with E-state index in [0.29, 0.717) is 17.2 Å². The number of pyridine rings is 1. The second kappa shape index (κ2) is 10.1. The summed E-state index contributed by atoms with van der Waals surface area (Å²) >= 11 is 0. The van der Waals surface area contributed by atoms with Crippen molar-refractivity contribution in [2.45, 2.75) is 45.6 Å². The third-order valence-electron chi connectivity index (χ3n) is 5.12. The highest BCUT2D eigenvalue weighted by Crippen LogP contribution is 2.33. The van der Waals surface area contributed by atoms with Crippen molar-refractivity contribution in [2.75, 3.05) is 25.4 Å². The molecule has 0 radical (unpaired) electrons. The zero-order valence-corrected chi connectivity index (χ0v) is 16.8. The minimum absolute atomic E-state index is 0.0374. The molecule has 0 bridgehead atoms. The van der Waals surface area contributed by atoms with Gasteiger partial charge in [0.05, 0.1) is 18.4 Å². The lowest BCUT2D eigenvalue weighted by atomic mass is 10.2. The van der Waals surface area contributed by atoms with E-state index in [-0.39, 0.29) is 18.1 Å². The molecular weight excluding hydrogens is 402 g/mol. The van der Waals surface area contributed by atoms with Crippen molar-refractivity contribution in [3.63, 3.8) is 0 Å². The van der Waals surface area contributed by atoms with E-state index < -0.39 is 13.0 Å². The van der Waals surface area contributed by atoms with E-state index in [1.165, 1.54) is 25.1 Å². The Kier molecular flexibility index (Phi) is 7.52. The van der Waals surface area contributed by atoms with Crippen LogP contribution in [0.1, 0.15) is 32.0 Å². The molecule has 1 saturated heterocycles. The maximum atomic E-state index is 12.3. The monoisotopic (exact) mass is 429 g/mol. The van der Waals surface area contributed by atoms with Crippen LogP contribution in [0.15, 0.2) is 18.5 Å². The summed E-state index contributed by atoms with van der Waals surface area (Å²) in [6, 6.07) is 1.43. The zero-order valence-electron chi connectivity index (χ0n) is 16.8. The molecule has 10 heteroatoms. The fourth-order valence-electron chi connectivity index (χ4n) is 3.39. The van der Waals surface area contributed by atoms with Crippen LogP contribution in [0.4, 0.5) is 23.4 Å². The van der Waals surface area contributed by atoms with Crippen molar-refractivity contribution in [1.82, 2.24) is 19.9 Å². The zero-order chi connectivity index (χ0) is 21.7. The van der Waals surface area contributed by atoms with Crippen LogP contribution in [-0.2, 0) is 6.42 Å². The molecule has 3 heterocycles. The van der Waals surface area contributed by atoms with Crippen LogP contribution >= 0.6 is 0 Å². The number of nitrogens with zero attached hydrogens (tertiary/aromatic N) is 3. The van der Waals surface area contributed by atoms with Crippen LogP contribution < -0.4 is 10.5 Å². The van der Waals surface area contributed by atoms with Crippen molar-refractivity contribution >= 4 is 5.82 Å². The Bertz CT molecular complexity index is 812. The van der Waals surface area contributed by atoms with Gasteiger partial charge < -0.3 is 15.5 Å². The summed E-state index contributed by atoms with van der Waals surface area (Å²) in [6.45, 7) is 0.840. The fourth-order valence-corrected chi connectivity index (χ4v) is 3.39. The number of aromatic nitrogens is 3. The Morgan fingerprint density at radius 2 is 1.97 bits per heavy atom. The van der Waals surface area contributed by atoms with Crippen LogP contribution in [0.2, 0.25) is 0 Å². The summed E-state index contributed by atoms with van der Waals surface area (Å²) in [4.78, 5) is 13.1. The molecule has 0 aromatic carbocycles. The summed E-state index contributed by atoms with van der Waals surface area (Å²) < 4.78 is 52.4. The van der Waals surface area contributed by atoms with E-state index >= 15 is 0 Å². The Morgan fingerprint density at radius 1 is 1.20 bits per heavy atom. The summed E-state index contributed by atoms with van der Waals surface area (Å²) in [5.74, 6) is 2.04. The number of anilines is 1. The summed E-state index contributed by atoms with van der Waals surface area (Å²) in [6.07, 6.45) is 5.48. The summed E-state index contributed by atoms with van der Waals surface area (Å²) in [7, 11) is 0. The molecule has 4 rings (SSSR count). The van der Waals surface area contributed by atoms with Crippen LogP contribution in [0, 0.1) is 11.8 Å². The third kappa shape index (κ3) is 6.86. The van der Waals surface area contributed by atoms with Gasteiger partial charge in [0.2, 0.25) is 0 Å². The normalized spacial score (nSPS) is 19.2. The number of hydrogen-bond acceptors (Lipinski definition) is 5. The van der Waals surface area contributed by atoms with Crippen LogP contribution in [0.25, 0.3) is 11.3 Å². The smallest absolute Gasteiger partial charge is 0.387 e. The van der Waals surface area contributed by atoms with E-state index in [0.717, 1.165) is 37.7 Å². The number of hydrogen-bond donors (Lipinski definition) is 2. The van der Waals surface area contributed by atoms with Crippen molar-refractivity contribution in [1.29, 1.82) is 0 Å². The molecule has 1 atom stereocenters. The quantitative estimate of drug-likeness (QED) is 0.645. The molecule has 3 N–H and O–H groups in total. The third-order valence-corrected chi connectivity index (χ3v) is 5.12. The van der Waals surface area contributed by atoms with Gasteiger partial charge in [0.25, 0.3) is 6.43 Å². The summed E-state index contributed by atoms with van der Waals surface area (Å²) in [5.41, 5.74) is 6.83. The molecule has 1 saturated carbocycles. The molecule has 1 unspecified atom stereocenters. The SMILES string of the molecule is CC1CCN(CC(F)F)C1.Nc1ncc(-c2cnc(CC3CC3)[nH]2)cc1OC(F)F. The van der Waals surface area contributed by atoms with Gasteiger partial charge in [0, 0.05) is 24.7 Å². The number of alkyl halides is 4. The lowest BCUT2D eigenvalue weighted by Gasteiger charge is -2.13. The lowest BCUT2D eigenvalue weighted by molar-refractivity contribution is -0.0494. The number of rotatable bonds is 7. The van der Waals surface area contributed by atoms with Gasteiger partial charge in [-0.25, -0.2) is 18.7 Å². The number of likely N-dealkylation sites (tertiary alicyclic amines) is 1. The second-order valence-electron chi connectivity index (χ2n) is 7.92. The molecule has 0 spiro atoms. The minimum atomic E-state index is -2.93. The van der Waals surface area contributed by atoms with E-state index in [2.05, 4.69) is 26.6 Å². The molecule has 6 nitrogen and oxygen atoms in total. The first-order valence-corrected chi connectivity index (χ1v) is 10.0. The molecule has 2 aliphatic rings. The molecule has 0 amide bonds. The van der Waals surface area contributed by atoms with Gasteiger partial charge in [-0.1, -0.05) is 6.92 Å². The van der Waals surface area contributed by atoms with Crippen LogP contribution in [0.5, 0.6) is 5.75 Å². The average molecular weight is 429 g/mol. The van der Waals surface area contributed by atoms with Gasteiger partial charge in [0.1, 0.15) is 5.82 Å². The molecule has 30 heavy (non-hydrogen) atoms. The number of ether oxygens (including phenoxy) is 1. The fraction of sp³-hybridized carbons (Fsp3) is 0.600. The number of aromatic amines is 1. The maximum absolute atomic E-state index is 12.3. The summed E-state index contributed by atoms with van der Waals surface area (Å²) in [5, 5.41) is 0. The first kappa shape index (κ1) is 22.3. The first-order chi connectivity index (χ1) is 14.3. The van der Waals surface area contributed by atoms with Gasteiger partial charge in [0.15, 0.2) is 11.6 Å². The minimum Gasteiger partial charge on any atom is -0.431 e. The van der Waals surface area contributed by atoms with Gasteiger partial charge in [-0.15, -0.1) is 0 Å². The van der Waals surface area contributed by atoms with Gasteiger partial charge in [-0.3, -0.25) is 4.90 Å². The Hall–Kier alpha value is -2.36. The largest absolute Gasteiger partial charge is 0.431 e. The molecule has 2 aromatic heterocycles. The number of imidazole rings is 1. The highest BCUT2D eigenvalue weighted by atomic mass is 19.3. The van der Waals surface area contributed by atoms with Gasteiger partial charge >= 0.3 is 6.61 Å². The Labute approximate surface area is 172 Å². The van der Waals surface area contributed by atoms with Crippen LogP contribution in [-0.4, -0.2) is 52.5 Å². The predicted octanol–water partition coefficient (Wildman–Crippen LogP) is 4.20. The van der Waals surface area contributed by atoms with E-state index in [4.69, 9.17) is 5.73 Å². The van der Waals surface area contributed by atoms with Crippen molar-refractivity contribution in [3.05, 3.63) is 24.3 Å². The predicted molar refractivity (Wildman–Crippen MR) is 106 cm³/mol. The topological polar surface area (TPSA) is 80.1 Å². The van der Waals surface area contributed by atoms with Gasteiger partial charge in [-0.2, -0.15) is 8.78 Å². The molecular formula is C20H27F4N5O. The Balaban J connectivity index is 0.000000216. The number of nitrogen functional groups attached to an aromatic ring is 1. The van der Waals surface area contributed by atoms with Crippen LogP contribution in [0.3, 0.4) is 0 Å². The second-order valence-corrected chi connectivity index (χ2v) is 7.92. The molecule has 166 valence electrons. The highest BCUT2D eigenvalue weighted by Gasteiger charge is 2.23. The number of H-pyrrole nitrogens is 1. The average Bonchev–Trinajstić information content (AvgIpc) is 3.20. The molecule has 2 fully saturated rings. The number of halogens is 4. The number of nitrogens with one attached hydrogen (secondary N) is 1. The van der Waals surface area contributed by atoms with E-state index in [1.54, 1.807) is 6.20 Å². The first-order valence-electron chi connectivity index (χ1n) is 10.0. The standard InChI is InChI=1S/C13H14F2N4O.C7H13F2N/c14-13(15)20-10-4-8(5-18-12(10)16)9-6-17-11(19-9)3-7-1-2-7;1-6-2-3-10(4-6)5-7(8)9/h4-7,13H,1-3H2,(H2,16,18)(H,17,19);6-7H,2-5H2,1H3. The van der Waals surface area contributed by atoms with Gasteiger partial charge in [-0.05, 0) is 43.7 Å². The number of nitrogens with two attached hydrogens (primary N) is 1. The molecule has 2 aromatic rings. The molecule has 1 aliphatic heterocycles. The molecule has 1 aliphatic carbocycles. The van der Waals surface area contributed by atoms with E-state index in [9.17, 15) is 17.6 Å². The highest BCUT2D eigenvalue weighted by molar-refractivity contribution is 5.63. The van der Waals surface area contributed by atoms with Crippen molar-refractivity contribution in [3.8, 4) is 17.0 Å².